The minimum absolute atomic E-state index is 0.00842. The molecule has 20 heavy (non-hydrogen) atoms. The number of aromatic nitrogens is 2. The van der Waals surface area contributed by atoms with Gasteiger partial charge in [-0.2, -0.15) is 0 Å². The van der Waals surface area contributed by atoms with Crippen molar-refractivity contribution in [3.63, 3.8) is 0 Å². The second-order valence-corrected chi connectivity index (χ2v) is 7.62. The highest BCUT2D eigenvalue weighted by molar-refractivity contribution is 5.14. The van der Waals surface area contributed by atoms with Crippen molar-refractivity contribution in [2.75, 3.05) is 0 Å². The standard InChI is InChI=1S/C17H28N2O/c1-11(2)12-6-8-13(9-7-12)16-18-14(17(3,4)5)10-15(20)19-16/h10-13H,6-9H2,1-5H3,(H,18,19,20). The van der Waals surface area contributed by atoms with E-state index in [1.54, 1.807) is 6.07 Å². The Morgan fingerprint density at radius 1 is 1.20 bits per heavy atom. The van der Waals surface area contributed by atoms with Crippen molar-refractivity contribution in [3.8, 4) is 0 Å². The molecule has 0 aromatic carbocycles. The first-order chi connectivity index (χ1) is 9.27. The molecular weight excluding hydrogens is 248 g/mol. The van der Waals surface area contributed by atoms with Crippen molar-refractivity contribution >= 4 is 0 Å². The first-order valence-electron chi connectivity index (χ1n) is 7.89. The molecule has 1 N–H and O–H groups in total. The van der Waals surface area contributed by atoms with Crippen LogP contribution >= 0.6 is 0 Å². The SMILES string of the molecule is CC(C)C1CCC(c2nc(C(C)(C)C)cc(=O)[nH]2)CC1. The van der Waals surface area contributed by atoms with Crippen LogP contribution in [0.5, 0.6) is 0 Å². The summed E-state index contributed by atoms with van der Waals surface area (Å²) in [5.41, 5.74) is 0.825. The number of nitrogens with one attached hydrogen (secondary N) is 1. The van der Waals surface area contributed by atoms with Crippen molar-refractivity contribution in [3.05, 3.63) is 27.9 Å². The molecule has 0 spiro atoms. The molecule has 0 amide bonds. The highest BCUT2D eigenvalue weighted by Gasteiger charge is 2.27. The summed E-state index contributed by atoms with van der Waals surface area (Å²) in [6, 6.07) is 1.64. The van der Waals surface area contributed by atoms with Crippen LogP contribution in [-0.4, -0.2) is 9.97 Å². The van der Waals surface area contributed by atoms with Crippen molar-refractivity contribution in [2.45, 2.75) is 71.6 Å². The van der Waals surface area contributed by atoms with Gasteiger partial charge in [0.2, 0.25) is 0 Å². The Hall–Kier alpha value is -1.12. The van der Waals surface area contributed by atoms with Gasteiger partial charge in [-0.3, -0.25) is 4.79 Å². The number of H-pyrrole nitrogens is 1. The average Bonchev–Trinajstić information content (AvgIpc) is 2.37. The van der Waals surface area contributed by atoms with Gasteiger partial charge < -0.3 is 4.98 Å². The Kier molecular flexibility index (Phi) is 4.36. The van der Waals surface area contributed by atoms with Crippen LogP contribution in [-0.2, 0) is 5.41 Å². The molecule has 0 bridgehead atoms. The summed E-state index contributed by atoms with van der Waals surface area (Å²) in [4.78, 5) is 19.6. The molecule has 1 aliphatic carbocycles. The fourth-order valence-electron chi connectivity index (χ4n) is 3.11. The van der Waals surface area contributed by atoms with E-state index in [9.17, 15) is 4.79 Å². The summed E-state index contributed by atoms with van der Waals surface area (Å²) in [6.07, 6.45) is 4.82. The van der Waals surface area contributed by atoms with Gasteiger partial charge in [0.25, 0.3) is 5.56 Å². The van der Waals surface area contributed by atoms with Crippen LogP contribution in [0.2, 0.25) is 0 Å². The molecule has 112 valence electrons. The van der Waals surface area contributed by atoms with E-state index in [0.29, 0.717) is 5.92 Å². The normalized spacial score (nSPS) is 24.1. The fraction of sp³-hybridized carbons (Fsp3) is 0.765. The summed E-state index contributed by atoms with van der Waals surface area (Å²) >= 11 is 0. The van der Waals surface area contributed by atoms with E-state index in [2.05, 4.69) is 39.6 Å². The smallest absolute Gasteiger partial charge is 0.251 e. The molecule has 2 rings (SSSR count). The molecule has 1 fully saturated rings. The Balaban J connectivity index is 2.18. The highest BCUT2D eigenvalue weighted by Crippen LogP contribution is 2.37. The third-order valence-corrected chi connectivity index (χ3v) is 4.63. The third kappa shape index (κ3) is 3.50. The molecular formula is C17H28N2O. The molecule has 0 atom stereocenters. The number of aromatic amines is 1. The highest BCUT2D eigenvalue weighted by atomic mass is 16.1. The van der Waals surface area contributed by atoms with E-state index < -0.39 is 0 Å². The predicted octanol–water partition coefficient (Wildman–Crippen LogP) is 4.00. The van der Waals surface area contributed by atoms with E-state index >= 15 is 0 Å². The van der Waals surface area contributed by atoms with E-state index in [1.165, 1.54) is 12.8 Å². The zero-order valence-corrected chi connectivity index (χ0v) is 13.5. The Labute approximate surface area is 122 Å². The lowest BCUT2D eigenvalue weighted by atomic mass is 9.76. The van der Waals surface area contributed by atoms with Gasteiger partial charge in [0.05, 0.1) is 5.69 Å². The van der Waals surface area contributed by atoms with Crippen LogP contribution < -0.4 is 5.56 Å². The second kappa shape index (κ2) is 5.71. The van der Waals surface area contributed by atoms with Crippen LogP contribution in [0.25, 0.3) is 0 Å². The van der Waals surface area contributed by atoms with Crippen LogP contribution in [0.1, 0.15) is 77.7 Å². The molecule has 0 radical (unpaired) electrons. The number of hydrogen-bond acceptors (Lipinski definition) is 2. The van der Waals surface area contributed by atoms with E-state index in [4.69, 9.17) is 4.98 Å². The van der Waals surface area contributed by atoms with Gasteiger partial charge >= 0.3 is 0 Å². The second-order valence-electron chi connectivity index (χ2n) is 7.62. The van der Waals surface area contributed by atoms with Crippen LogP contribution in [0.15, 0.2) is 10.9 Å². The molecule has 1 heterocycles. The quantitative estimate of drug-likeness (QED) is 0.887. The molecule has 1 aliphatic rings. The average molecular weight is 276 g/mol. The summed E-state index contributed by atoms with van der Waals surface area (Å²) in [5, 5.41) is 0. The fourth-order valence-corrected chi connectivity index (χ4v) is 3.11. The van der Waals surface area contributed by atoms with Crippen molar-refractivity contribution in [2.24, 2.45) is 11.8 Å². The number of nitrogens with zero attached hydrogens (tertiary/aromatic N) is 1. The van der Waals surface area contributed by atoms with Crippen molar-refractivity contribution < 1.29 is 0 Å². The first-order valence-corrected chi connectivity index (χ1v) is 7.89. The maximum atomic E-state index is 11.9. The van der Waals surface area contributed by atoms with E-state index in [1.807, 2.05) is 0 Å². The van der Waals surface area contributed by atoms with Gasteiger partial charge in [-0.1, -0.05) is 34.6 Å². The molecule has 0 saturated heterocycles. The van der Waals surface area contributed by atoms with E-state index in [0.717, 1.165) is 36.2 Å². The Morgan fingerprint density at radius 2 is 1.80 bits per heavy atom. The lowest BCUT2D eigenvalue weighted by molar-refractivity contribution is 0.254. The molecule has 1 saturated carbocycles. The number of rotatable bonds is 2. The molecule has 1 aromatic heterocycles. The van der Waals surface area contributed by atoms with Gasteiger partial charge in [-0.15, -0.1) is 0 Å². The molecule has 3 nitrogen and oxygen atoms in total. The van der Waals surface area contributed by atoms with Gasteiger partial charge in [0, 0.05) is 17.4 Å². The summed E-state index contributed by atoms with van der Waals surface area (Å²) in [5.74, 6) is 2.94. The lowest BCUT2D eigenvalue weighted by Gasteiger charge is -2.30. The van der Waals surface area contributed by atoms with Crippen molar-refractivity contribution in [1.82, 2.24) is 9.97 Å². The van der Waals surface area contributed by atoms with Crippen LogP contribution in [0, 0.1) is 11.8 Å². The molecule has 3 heteroatoms. The zero-order valence-electron chi connectivity index (χ0n) is 13.5. The summed E-state index contributed by atoms with van der Waals surface area (Å²) in [7, 11) is 0. The minimum atomic E-state index is -0.0713. The summed E-state index contributed by atoms with van der Waals surface area (Å²) in [6.45, 7) is 10.9. The zero-order chi connectivity index (χ0) is 14.9. The maximum Gasteiger partial charge on any atom is 0.251 e. The number of hydrogen-bond donors (Lipinski definition) is 1. The van der Waals surface area contributed by atoms with Gasteiger partial charge in [-0.05, 0) is 37.5 Å². The maximum absolute atomic E-state index is 11.9. The minimum Gasteiger partial charge on any atom is -0.310 e. The molecule has 1 aromatic rings. The van der Waals surface area contributed by atoms with Crippen LogP contribution in [0.3, 0.4) is 0 Å². The van der Waals surface area contributed by atoms with Gasteiger partial charge in [-0.25, -0.2) is 4.98 Å². The Morgan fingerprint density at radius 3 is 2.30 bits per heavy atom. The van der Waals surface area contributed by atoms with Gasteiger partial charge in [0.15, 0.2) is 0 Å². The Bertz CT molecular complexity index is 502. The first kappa shape index (κ1) is 15.3. The summed E-state index contributed by atoms with van der Waals surface area (Å²) < 4.78 is 0. The molecule has 0 aliphatic heterocycles. The van der Waals surface area contributed by atoms with E-state index in [-0.39, 0.29) is 11.0 Å². The molecule has 0 unspecified atom stereocenters. The van der Waals surface area contributed by atoms with Gasteiger partial charge in [0.1, 0.15) is 5.82 Å². The lowest BCUT2D eigenvalue weighted by Crippen LogP contribution is -2.25. The topological polar surface area (TPSA) is 45.8 Å². The monoisotopic (exact) mass is 276 g/mol. The predicted molar refractivity (Wildman–Crippen MR) is 83.1 cm³/mol. The van der Waals surface area contributed by atoms with Crippen molar-refractivity contribution in [1.29, 1.82) is 0 Å². The van der Waals surface area contributed by atoms with Crippen LogP contribution in [0.4, 0.5) is 0 Å². The largest absolute Gasteiger partial charge is 0.310 e. The third-order valence-electron chi connectivity index (χ3n) is 4.63.